The zero-order valence-corrected chi connectivity index (χ0v) is 18.7. The summed E-state index contributed by atoms with van der Waals surface area (Å²) in [7, 11) is 3.97. The minimum atomic E-state index is -0.0968. The first kappa shape index (κ1) is 21.4. The lowest BCUT2D eigenvalue weighted by Gasteiger charge is -2.34. The van der Waals surface area contributed by atoms with Crippen LogP contribution in [0, 0.1) is 20.8 Å². The fourth-order valence-corrected chi connectivity index (χ4v) is 4.19. The maximum atomic E-state index is 12.8. The first-order valence-corrected chi connectivity index (χ1v) is 10.8. The monoisotopic (exact) mass is 414 g/mol. The number of amides is 1. The van der Waals surface area contributed by atoms with Gasteiger partial charge in [-0.15, -0.1) is 11.3 Å². The zero-order chi connectivity index (χ0) is 21.0. The third-order valence-corrected chi connectivity index (χ3v) is 5.94. The molecule has 1 amide bonds. The molecule has 0 aromatic carbocycles. The van der Waals surface area contributed by atoms with Crippen molar-refractivity contribution in [1.82, 2.24) is 24.8 Å². The Bertz CT molecular complexity index is 872. The van der Waals surface area contributed by atoms with Crippen LogP contribution >= 0.6 is 11.3 Å². The quantitative estimate of drug-likeness (QED) is 0.725. The molecule has 0 spiro atoms. The van der Waals surface area contributed by atoms with Gasteiger partial charge in [0, 0.05) is 35.8 Å². The minimum absolute atomic E-state index is 0.0299. The van der Waals surface area contributed by atoms with Crippen LogP contribution in [0.2, 0.25) is 0 Å². The molecule has 1 aliphatic rings. The number of anilines is 2. The molecule has 0 unspecified atom stereocenters. The summed E-state index contributed by atoms with van der Waals surface area (Å²) in [6.07, 6.45) is 6.55. The molecule has 1 atom stereocenters. The smallest absolute Gasteiger partial charge is 0.246 e. The van der Waals surface area contributed by atoms with Crippen molar-refractivity contribution in [3.63, 3.8) is 0 Å². The molecule has 0 radical (unpaired) electrons. The van der Waals surface area contributed by atoms with E-state index >= 15 is 0 Å². The standard InChI is InChI=1S/C21H30N6OS/c1-14-13-18(25-21-23-15(2)16(3)29-21)24-20(22-14)17-9-6-7-12-27(17)19(28)10-8-11-26(4)5/h8,10,13,17H,6-7,9,11-12H2,1-5H3,(H,22,23,24,25)/b10-8+/t17-/m0/s1. The molecule has 1 N–H and O–H groups in total. The maximum absolute atomic E-state index is 12.8. The summed E-state index contributed by atoms with van der Waals surface area (Å²) < 4.78 is 0. The highest BCUT2D eigenvalue weighted by molar-refractivity contribution is 7.15. The topological polar surface area (TPSA) is 74.2 Å². The van der Waals surface area contributed by atoms with Crippen molar-refractivity contribution in [1.29, 1.82) is 0 Å². The van der Waals surface area contributed by atoms with E-state index < -0.39 is 0 Å². The van der Waals surface area contributed by atoms with Crippen LogP contribution in [0.5, 0.6) is 0 Å². The second-order valence-electron chi connectivity index (χ2n) is 7.75. The summed E-state index contributed by atoms with van der Waals surface area (Å²) in [4.78, 5) is 31.9. The molecule has 1 saturated heterocycles. The number of aryl methyl sites for hydroxylation is 3. The number of rotatable bonds is 6. The molecule has 1 fully saturated rings. The Hall–Kier alpha value is -2.32. The molecule has 156 valence electrons. The molecule has 7 nitrogen and oxygen atoms in total. The van der Waals surface area contributed by atoms with Crippen LogP contribution in [0.25, 0.3) is 0 Å². The molecule has 1 aliphatic heterocycles. The van der Waals surface area contributed by atoms with E-state index in [0.29, 0.717) is 5.82 Å². The summed E-state index contributed by atoms with van der Waals surface area (Å²) in [5.74, 6) is 1.45. The molecule has 0 bridgehead atoms. The largest absolute Gasteiger partial charge is 0.329 e. The highest BCUT2D eigenvalue weighted by Crippen LogP contribution is 2.31. The number of nitrogens with zero attached hydrogens (tertiary/aromatic N) is 5. The molecular weight excluding hydrogens is 384 g/mol. The number of likely N-dealkylation sites (N-methyl/N-ethyl adjacent to an activating group) is 1. The molecule has 2 aromatic rings. The number of nitrogens with one attached hydrogen (secondary N) is 1. The van der Waals surface area contributed by atoms with E-state index in [1.807, 2.05) is 49.9 Å². The molecular formula is C21H30N6OS. The van der Waals surface area contributed by atoms with Crippen molar-refractivity contribution in [3.8, 4) is 0 Å². The Morgan fingerprint density at radius 2 is 2.07 bits per heavy atom. The van der Waals surface area contributed by atoms with E-state index in [-0.39, 0.29) is 11.9 Å². The lowest BCUT2D eigenvalue weighted by Crippen LogP contribution is -2.38. The second-order valence-corrected chi connectivity index (χ2v) is 8.95. The summed E-state index contributed by atoms with van der Waals surface area (Å²) in [5.41, 5.74) is 1.90. The van der Waals surface area contributed by atoms with Gasteiger partial charge in [0.2, 0.25) is 5.91 Å². The van der Waals surface area contributed by atoms with Crippen LogP contribution < -0.4 is 5.32 Å². The lowest BCUT2D eigenvalue weighted by atomic mass is 10.0. The summed E-state index contributed by atoms with van der Waals surface area (Å²) >= 11 is 1.61. The number of thiazole rings is 1. The molecule has 3 heterocycles. The van der Waals surface area contributed by atoms with Crippen LogP contribution in [0.15, 0.2) is 18.2 Å². The fourth-order valence-electron chi connectivity index (χ4n) is 3.36. The first-order chi connectivity index (χ1) is 13.8. The minimum Gasteiger partial charge on any atom is -0.329 e. The van der Waals surface area contributed by atoms with E-state index in [2.05, 4.69) is 22.2 Å². The number of aromatic nitrogens is 3. The van der Waals surface area contributed by atoms with Crippen LogP contribution in [0.1, 0.15) is 47.4 Å². The number of carbonyl (C=O) groups excluding carboxylic acids is 1. The number of piperidine rings is 1. The van der Waals surface area contributed by atoms with Gasteiger partial charge in [-0.05, 0) is 54.1 Å². The number of hydrogen-bond acceptors (Lipinski definition) is 7. The third-order valence-electron chi connectivity index (χ3n) is 4.95. The first-order valence-electron chi connectivity index (χ1n) is 10.0. The van der Waals surface area contributed by atoms with E-state index in [4.69, 9.17) is 4.98 Å². The van der Waals surface area contributed by atoms with Gasteiger partial charge >= 0.3 is 0 Å². The van der Waals surface area contributed by atoms with Crippen LogP contribution in [0.4, 0.5) is 10.9 Å². The molecule has 29 heavy (non-hydrogen) atoms. The van der Waals surface area contributed by atoms with Gasteiger partial charge in [-0.1, -0.05) is 6.08 Å². The van der Waals surface area contributed by atoms with Crippen LogP contribution in [-0.4, -0.2) is 57.8 Å². The Kier molecular flexibility index (Phi) is 6.97. The number of hydrogen-bond donors (Lipinski definition) is 1. The van der Waals surface area contributed by atoms with Gasteiger partial charge in [0.05, 0.1) is 11.7 Å². The summed E-state index contributed by atoms with van der Waals surface area (Å²) in [6.45, 7) is 7.50. The van der Waals surface area contributed by atoms with Crippen LogP contribution in [0.3, 0.4) is 0 Å². The van der Waals surface area contributed by atoms with E-state index in [1.165, 1.54) is 4.88 Å². The maximum Gasteiger partial charge on any atom is 0.246 e. The predicted octanol–water partition coefficient (Wildman–Crippen LogP) is 3.77. The van der Waals surface area contributed by atoms with Gasteiger partial charge in [-0.25, -0.2) is 15.0 Å². The molecule has 3 rings (SSSR count). The lowest BCUT2D eigenvalue weighted by molar-refractivity contribution is -0.129. The van der Waals surface area contributed by atoms with Gasteiger partial charge in [-0.3, -0.25) is 4.79 Å². The Morgan fingerprint density at radius 3 is 2.76 bits per heavy atom. The van der Waals surface area contributed by atoms with E-state index in [0.717, 1.165) is 54.7 Å². The van der Waals surface area contributed by atoms with Gasteiger partial charge in [0.15, 0.2) is 11.0 Å². The van der Waals surface area contributed by atoms with Gasteiger partial charge in [0.25, 0.3) is 0 Å². The van der Waals surface area contributed by atoms with Crippen molar-refractivity contribution < 1.29 is 4.79 Å². The van der Waals surface area contributed by atoms with Crippen molar-refractivity contribution in [2.24, 2.45) is 0 Å². The van der Waals surface area contributed by atoms with Crippen LogP contribution in [-0.2, 0) is 4.79 Å². The summed E-state index contributed by atoms with van der Waals surface area (Å²) in [6, 6.07) is 1.82. The SMILES string of the molecule is Cc1cc(Nc2nc(C)c(C)s2)nc([C@@H]2CCCCN2C(=O)/C=C/CN(C)C)n1. The van der Waals surface area contributed by atoms with E-state index in [9.17, 15) is 4.79 Å². The van der Waals surface area contributed by atoms with Crippen molar-refractivity contribution >= 4 is 28.2 Å². The highest BCUT2D eigenvalue weighted by atomic mass is 32.1. The molecule has 2 aromatic heterocycles. The number of likely N-dealkylation sites (tertiary alicyclic amines) is 1. The van der Waals surface area contributed by atoms with Crippen molar-refractivity contribution in [3.05, 3.63) is 40.3 Å². The molecule has 0 aliphatic carbocycles. The molecule has 8 heteroatoms. The average molecular weight is 415 g/mol. The third kappa shape index (κ3) is 5.61. The Morgan fingerprint density at radius 1 is 1.28 bits per heavy atom. The van der Waals surface area contributed by atoms with Gasteiger partial charge in [-0.2, -0.15) is 0 Å². The van der Waals surface area contributed by atoms with Crippen molar-refractivity contribution in [2.45, 2.75) is 46.1 Å². The van der Waals surface area contributed by atoms with E-state index in [1.54, 1.807) is 17.4 Å². The predicted molar refractivity (Wildman–Crippen MR) is 118 cm³/mol. The normalized spacial score (nSPS) is 17.3. The fraction of sp³-hybridized carbons (Fsp3) is 0.524. The zero-order valence-electron chi connectivity index (χ0n) is 17.9. The van der Waals surface area contributed by atoms with Crippen molar-refractivity contribution in [2.75, 3.05) is 32.5 Å². The second kappa shape index (κ2) is 9.45. The van der Waals surface area contributed by atoms with Gasteiger partial charge < -0.3 is 15.1 Å². The Labute approximate surface area is 176 Å². The highest BCUT2D eigenvalue weighted by Gasteiger charge is 2.29. The number of carbonyl (C=O) groups is 1. The van der Waals surface area contributed by atoms with Gasteiger partial charge in [0.1, 0.15) is 5.82 Å². The Balaban J connectivity index is 1.82. The molecule has 0 saturated carbocycles. The average Bonchev–Trinajstić information content (AvgIpc) is 2.98. The summed E-state index contributed by atoms with van der Waals surface area (Å²) in [5, 5.41) is 4.14.